The second-order valence-electron chi connectivity index (χ2n) is 6.43. The molecule has 5 aliphatic rings. The molecule has 84 valence electrons. The molecule has 2 nitrogen and oxygen atoms in total. The monoisotopic (exact) mass is 207 g/mol. The summed E-state index contributed by atoms with van der Waals surface area (Å²) < 4.78 is 0. The van der Waals surface area contributed by atoms with Crippen LogP contribution in [-0.2, 0) is 4.84 Å². The second-order valence-corrected chi connectivity index (χ2v) is 6.43. The van der Waals surface area contributed by atoms with Crippen molar-refractivity contribution in [3.05, 3.63) is 0 Å². The molecule has 0 radical (unpaired) electrons. The number of rotatable bonds is 1. The van der Waals surface area contributed by atoms with Crippen LogP contribution in [0.2, 0.25) is 0 Å². The second kappa shape index (κ2) is 2.98. The molecule has 4 aliphatic carbocycles. The highest BCUT2D eigenvalue weighted by atomic mass is 16.7. The van der Waals surface area contributed by atoms with E-state index in [1.807, 2.05) is 0 Å². The smallest absolute Gasteiger partial charge is 0.0698 e. The van der Waals surface area contributed by atoms with Gasteiger partial charge in [0.25, 0.3) is 0 Å². The molecular weight excluding hydrogens is 186 g/mol. The molecule has 0 atom stereocenters. The molecule has 0 aromatic heterocycles. The molecule has 1 heterocycles. The molecular formula is C13H21NO. The molecule has 5 fully saturated rings. The zero-order valence-electron chi connectivity index (χ0n) is 9.45. The van der Waals surface area contributed by atoms with Gasteiger partial charge < -0.3 is 0 Å². The van der Waals surface area contributed by atoms with E-state index in [1.54, 1.807) is 0 Å². The van der Waals surface area contributed by atoms with Crippen LogP contribution < -0.4 is 0 Å². The predicted molar refractivity (Wildman–Crippen MR) is 58.2 cm³/mol. The highest BCUT2D eigenvalue weighted by molar-refractivity contribution is 5.06. The Balaban J connectivity index is 1.65. The van der Waals surface area contributed by atoms with E-state index in [-0.39, 0.29) is 0 Å². The van der Waals surface area contributed by atoms with Gasteiger partial charge in [-0.25, -0.2) is 0 Å². The summed E-state index contributed by atoms with van der Waals surface area (Å²) in [6.45, 7) is 2.17. The van der Waals surface area contributed by atoms with Crippen LogP contribution in [0.4, 0.5) is 0 Å². The van der Waals surface area contributed by atoms with Crippen molar-refractivity contribution in [1.82, 2.24) is 5.06 Å². The summed E-state index contributed by atoms with van der Waals surface area (Å²) in [7, 11) is 0. The first-order valence-corrected chi connectivity index (χ1v) is 6.75. The Kier molecular flexibility index (Phi) is 1.79. The molecule has 5 rings (SSSR count). The molecule has 4 saturated carbocycles. The quantitative estimate of drug-likeness (QED) is 0.655. The van der Waals surface area contributed by atoms with Gasteiger partial charge in [0.05, 0.1) is 6.61 Å². The van der Waals surface area contributed by atoms with Crippen LogP contribution in [0.25, 0.3) is 0 Å². The standard InChI is InChI=1S/C13H21NO/c1-2-14(15-3-1)13-7-10-4-11(8-13)6-12(5-10)9-13/h10-12H,1-9H2. The van der Waals surface area contributed by atoms with E-state index < -0.39 is 0 Å². The van der Waals surface area contributed by atoms with Gasteiger partial charge in [-0.1, -0.05) is 0 Å². The minimum absolute atomic E-state index is 0.491. The van der Waals surface area contributed by atoms with Crippen LogP contribution in [-0.4, -0.2) is 23.8 Å². The lowest BCUT2D eigenvalue weighted by atomic mass is 9.53. The van der Waals surface area contributed by atoms with Gasteiger partial charge in [-0.15, -0.1) is 0 Å². The lowest BCUT2D eigenvalue weighted by Crippen LogP contribution is -2.58. The first-order valence-electron chi connectivity index (χ1n) is 6.75. The van der Waals surface area contributed by atoms with Crippen molar-refractivity contribution < 1.29 is 4.84 Å². The van der Waals surface area contributed by atoms with Crippen molar-refractivity contribution in [2.75, 3.05) is 13.2 Å². The fourth-order valence-corrected chi connectivity index (χ4v) is 5.19. The minimum Gasteiger partial charge on any atom is -0.298 e. The summed E-state index contributed by atoms with van der Waals surface area (Å²) in [6, 6.07) is 0. The summed E-state index contributed by atoms with van der Waals surface area (Å²) in [5, 5.41) is 2.40. The maximum absolute atomic E-state index is 5.87. The van der Waals surface area contributed by atoms with E-state index in [2.05, 4.69) is 5.06 Å². The normalized spacial score (nSPS) is 54.0. The number of hydrogen-bond acceptors (Lipinski definition) is 2. The van der Waals surface area contributed by atoms with E-state index >= 15 is 0 Å². The predicted octanol–water partition coefficient (Wildman–Crippen LogP) is 2.59. The molecule has 1 saturated heterocycles. The van der Waals surface area contributed by atoms with Crippen molar-refractivity contribution in [3.63, 3.8) is 0 Å². The van der Waals surface area contributed by atoms with Crippen molar-refractivity contribution in [1.29, 1.82) is 0 Å². The largest absolute Gasteiger partial charge is 0.298 e. The van der Waals surface area contributed by atoms with Gasteiger partial charge in [0, 0.05) is 12.1 Å². The molecule has 0 aromatic carbocycles. The Morgan fingerprint density at radius 2 is 1.53 bits per heavy atom. The van der Waals surface area contributed by atoms with E-state index in [9.17, 15) is 0 Å². The van der Waals surface area contributed by atoms with Crippen LogP contribution in [0.15, 0.2) is 0 Å². The van der Waals surface area contributed by atoms with Crippen LogP contribution in [0.1, 0.15) is 44.9 Å². The lowest BCUT2D eigenvalue weighted by Gasteiger charge is -2.59. The molecule has 0 N–H and O–H groups in total. The van der Waals surface area contributed by atoms with Gasteiger partial charge in [-0.05, 0) is 62.7 Å². The van der Waals surface area contributed by atoms with Crippen molar-refractivity contribution in [3.8, 4) is 0 Å². The molecule has 1 aliphatic heterocycles. The Bertz CT molecular complexity index is 234. The van der Waals surface area contributed by atoms with Gasteiger partial charge in [0.2, 0.25) is 0 Å². The topological polar surface area (TPSA) is 12.5 Å². The third kappa shape index (κ3) is 1.24. The third-order valence-electron chi connectivity index (χ3n) is 5.29. The van der Waals surface area contributed by atoms with Gasteiger partial charge >= 0.3 is 0 Å². The summed E-state index contributed by atoms with van der Waals surface area (Å²) in [5.74, 6) is 3.13. The minimum atomic E-state index is 0.491. The Labute approximate surface area is 91.9 Å². The molecule has 0 aromatic rings. The molecule has 0 unspecified atom stereocenters. The average Bonchev–Trinajstić information content (AvgIpc) is 2.67. The number of nitrogens with zero attached hydrogens (tertiary/aromatic N) is 1. The van der Waals surface area contributed by atoms with E-state index in [1.165, 1.54) is 51.5 Å². The molecule has 0 amide bonds. The maximum atomic E-state index is 5.87. The van der Waals surface area contributed by atoms with Crippen LogP contribution in [0, 0.1) is 17.8 Å². The maximum Gasteiger partial charge on any atom is 0.0698 e. The van der Waals surface area contributed by atoms with Gasteiger partial charge in [0.15, 0.2) is 0 Å². The molecule has 2 heteroatoms. The highest BCUT2D eigenvalue weighted by Crippen LogP contribution is 2.58. The fraction of sp³-hybridized carbons (Fsp3) is 1.00. The van der Waals surface area contributed by atoms with E-state index in [4.69, 9.17) is 4.84 Å². The van der Waals surface area contributed by atoms with Crippen molar-refractivity contribution in [2.24, 2.45) is 17.8 Å². The van der Waals surface area contributed by atoms with Crippen molar-refractivity contribution in [2.45, 2.75) is 50.5 Å². The average molecular weight is 207 g/mol. The SMILES string of the molecule is C1CON(C23CC4CC(CC(C4)C2)C3)C1. The molecule has 4 bridgehead atoms. The third-order valence-corrected chi connectivity index (χ3v) is 5.29. The Morgan fingerprint density at radius 1 is 0.933 bits per heavy atom. The van der Waals surface area contributed by atoms with E-state index in [0.717, 1.165) is 24.4 Å². The van der Waals surface area contributed by atoms with Gasteiger partial charge in [-0.3, -0.25) is 4.84 Å². The Hall–Kier alpha value is -0.0800. The van der Waals surface area contributed by atoms with Gasteiger partial charge in [-0.2, -0.15) is 5.06 Å². The number of hydrogen-bond donors (Lipinski definition) is 0. The summed E-state index contributed by atoms with van der Waals surface area (Å²) in [4.78, 5) is 5.87. The fourth-order valence-electron chi connectivity index (χ4n) is 5.19. The summed E-state index contributed by atoms with van der Waals surface area (Å²) in [6.07, 6.45) is 10.2. The van der Waals surface area contributed by atoms with Crippen LogP contribution >= 0.6 is 0 Å². The van der Waals surface area contributed by atoms with E-state index in [0.29, 0.717) is 5.54 Å². The lowest BCUT2D eigenvalue weighted by molar-refractivity contribution is -0.232. The Morgan fingerprint density at radius 3 is 2.00 bits per heavy atom. The van der Waals surface area contributed by atoms with Crippen molar-refractivity contribution >= 4 is 0 Å². The zero-order chi connectivity index (χ0) is 9.88. The summed E-state index contributed by atoms with van der Waals surface area (Å²) in [5.41, 5.74) is 0.491. The summed E-state index contributed by atoms with van der Waals surface area (Å²) >= 11 is 0. The molecule has 15 heavy (non-hydrogen) atoms. The van der Waals surface area contributed by atoms with Gasteiger partial charge in [0.1, 0.15) is 0 Å². The number of hydroxylamine groups is 2. The first-order chi connectivity index (χ1) is 7.34. The highest BCUT2D eigenvalue weighted by Gasteiger charge is 2.54. The first kappa shape index (κ1) is 9.00. The zero-order valence-corrected chi connectivity index (χ0v) is 9.45. The molecule has 0 spiro atoms. The van der Waals surface area contributed by atoms with Crippen LogP contribution in [0.5, 0.6) is 0 Å². The van der Waals surface area contributed by atoms with Crippen LogP contribution in [0.3, 0.4) is 0 Å².